The van der Waals surface area contributed by atoms with Crippen molar-refractivity contribution in [2.75, 3.05) is 25.5 Å². The lowest BCUT2D eigenvalue weighted by atomic mass is 10.1. The second-order valence-corrected chi connectivity index (χ2v) is 7.55. The van der Waals surface area contributed by atoms with E-state index in [-0.39, 0.29) is 24.0 Å². The molecule has 1 aromatic heterocycles. The predicted molar refractivity (Wildman–Crippen MR) is 121 cm³/mol. The molecule has 1 unspecified atom stereocenters. The zero-order chi connectivity index (χ0) is 17.8. The first kappa shape index (κ1) is 21.3. The molecular weight excluding hydrogens is 483 g/mol. The fourth-order valence-electron chi connectivity index (χ4n) is 2.92. The van der Waals surface area contributed by atoms with Gasteiger partial charge in [-0.2, -0.15) is 0 Å². The molecule has 5 nitrogen and oxygen atoms in total. The molecule has 1 aliphatic heterocycles. The molecule has 0 radical (unpaired) electrons. The van der Waals surface area contributed by atoms with Gasteiger partial charge >= 0.3 is 0 Å². The fourth-order valence-corrected chi connectivity index (χ4v) is 4.07. The van der Waals surface area contributed by atoms with Gasteiger partial charge in [0.05, 0.1) is 18.7 Å². The van der Waals surface area contributed by atoms with Gasteiger partial charge in [-0.15, -0.1) is 35.3 Å². The van der Waals surface area contributed by atoms with Crippen molar-refractivity contribution in [2.45, 2.75) is 25.9 Å². The maximum atomic E-state index is 6.12. The van der Waals surface area contributed by atoms with E-state index >= 15 is 0 Å². The van der Waals surface area contributed by atoms with Crippen LogP contribution in [0.15, 0.2) is 34.6 Å². The lowest BCUT2D eigenvalue weighted by Crippen LogP contribution is -2.39. The van der Waals surface area contributed by atoms with Crippen molar-refractivity contribution >= 4 is 58.6 Å². The molecule has 0 bridgehead atoms. The lowest BCUT2D eigenvalue weighted by Gasteiger charge is -2.31. The molecule has 0 saturated carbocycles. The Labute approximate surface area is 180 Å². The number of nitrogens with one attached hydrogen (secondary N) is 1. The van der Waals surface area contributed by atoms with Crippen LogP contribution in [0.4, 0.5) is 5.69 Å². The Kier molecular flexibility index (Phi) is 8.00. The van der Waals surface area contributed by atoms with E-state index < -0.39 is 0 Å². The van der Waals surface area contributed by atoms with Crippen molar-refractivity contribution in [3.8, 4) is 5.75 Å². The summed E-state index contributed by atoms with van der Waals surface area (Å²) in [7, 11) is 1.59. The number of halogens is 2. The van der Waals surface area contributed by atoms with Gasteiger partial charge in [0.2, 0.25) is 0 Å². The standard InChI is InChI=1S/C18H23ClN4OS.HI/c1-12(23-7-5-17-13(11-23)6-8-25-17)10-21-18(20)22-14-3-4-16(24-2)15(19)9-14;/h3-4,6,8-9,12H,5,7,10-11H2,1-2H3,(H3,20,21,22);1H. The topological polar surface area (TPSA) is 62.9 Å². The first-order valence-corrected chi connectivity index (χ1v) is 9.52. The molecule has 8 heteroatoms. The Morgan fingerprint density at radius 3 is 3.00 bits per heavy atom. The number of methoxy groups -OCH3 is 1. The van der Waals surface area contributed by atoms with Gasteiger partial charge in [-0.05, 0) is 48.6 Å². The molecule has 1 aromatic carbocycles. The largest absolute Gasteiger partial charge is 0.495 e. The smallest absolute Gasteiger partial charge is 0.193 e. The number of aliphatic imine (C=N–C) groups is 1. The van der Waals surface area contributed by atoms with E-state index in [9.17, 15) is 0 Å². The number of nitrogens with two attached hydrogens (primary N) is 1. The zero-order valence-electron chi connectivity index (χ0n) is 14.9. The molecule has 1 atom stereocenters. The van der Waals surface area contributed by atoms with Crippen molar-refractivity contribution in [1.82, 2.24) is 4.90 Å². The summed E-state index contributed by atoms with van der Waals surface area (Å²) in [5.74, 6) is 1.02. The average Bonchev–Trinajstić information content (AvgIpc) is 3.07. The Morgan fingerprint density at radius 1 is 1.46 bits per heavy atom. The number of hydrogen-bond acceptors (Lipinski definition) is 4. The minimum atomic E-state index is 0. The van der Waals surface area contributed by atoms with Crippen LogP contribution in [0, 0.1) is 0 Å². The van der Waals surface area contributed by atoms with Crippen LogP contribution in [-0.2, 0) is 13.0 Å². The van der Waals surface area contributed by atoms with E-state index in [1.165, 1.54) is 10.4 Å². The summed E-state index contributed by atoms with van der Waals surface area (Å²) in [6.07, 6.45) is 1.12. The van der Waals surface area contributed by atoms with Crippen LogP contribution in [-0.4, -0.2) is 37.1 Å². The van der Waals surface area contributed by atoms with Gasteiger partial charge in [0.25, 0.3) is 0 Å². The highest BCUT2D eigenvalue weighted by atomic mass is 127. The number of benzene rings is 1. The fraction of sp³-hybridized carbons (Fsp3) is 0.389. The number of rotatable bonds is 5. The number of thiophene rings is 1. The number of anilines is 1. The molecule has 0 amide bonds. The molecule has 0 fully saturated rings. The van der Waals surface area contributed by atoms with Gasteiger partial charge < -0.3 is 15.8 Å². The van der Waals surface area contributed by atoms with Crippen molar-refractivity contribution in [1.29, 1.82) is 0 Å². The van der Waals surface area contributed by atoms with Crippen LogP contribution < -0.4 is 15.8 Å². The quantitative estimate of drug-likeness (QED) is 0.362. The molecule has 142 valence electrons. The van der Waals surface area contributed by atoms with Crippen molar-refractivity contribution < 1.29 is 4.74 Å². The summed E-state index contributed by atoms with van der Waals surface area (Å²) >= 11 is 7.98. The molecule has 0 aliphatic carbocycles. The number of hydrogen-bond donors (Lipinski definition) is 2. The second kappa shape index (κ2) is 9.77. The maximum Gasteiger partial charge on any atom is 0.193 e. The number of nitrogens with zero attached hydrogens (tertiary/aromatic N) is 2. The summed E-state index contributed by atoms with van der Waals surface area (Å²) in [6.45, 7) is 4.92. The monoisotopic (exact) mass is 506 g/mol. The van der Waals surface area contributed by atoms with Gasteiger partial charge in [0, 0.05) is 29.7 Å². The van der Waals surface area contributed by atoms with Crippen LogP contribution in [0.25, 0.3) is 0 Å². The molecular formula is C18H24ClIN4OS. The number of guanidine groups is 1. The minimum absolute atomic E-state index is 0. The van der Waals surface area contributed by atoms with E-state index in [2.05, 4.69) is 33.6 Å². The molecule has 3 N–H and O–H groups in total. The van der Waals surface area contributed by atoms with E-state index in [0.717, 1.165) is 25.2 Å². The highest BCUT2D eigenvalue weighted by Crippen LogP contribution is 2.27. The molecule has 1 aliphatic rings. The van der Waals surface area contributed by atoms with Gasteiger partial charge in [0.1, 0.15) is 5.75 Å². The minimum Gasteiger partial charge on any atom is -0.495 e. The highest BCUT2D eigenvalue weighted by Gasteiger charge is 2.21. The van der Waals surface area contributed by atoms with Gasteiger partial charge in [0.15, 0.2) is 5.96 Å². The molecule has 0 spiro atoms. The summed E-state index contributed by atoms with van der Waals surface area (Å²) in [5.41, 5.74) is 8.25. The normalized spacial score (nSPS) is 15.7. The number of ether oxygens (including phenoxy) is 1. The average molecular weight is 507 g/mol. The van der Waals surface area contributed by atoms with E-state index in [4.69, 9.17) is 22.1 Å². The van der Waals surface area contributed by atoms with Gasteiger partial charge in [-0.1, -0.05) is 11.6 Å². The highest BCUT2D eigenvalue weighted by molar-refractivity contribution is 14.0. The Morgan fingerprint density at radius 2 is 2.27 bits per heavy atom. The molecule has 26 heavy (non-hydrogen) atoms. The Hall–Kier alpha value is -1.03. The van der Waals surface area contributed by atoms with Gasteiger partial charge in [-0.3, -0.25) is 9.89 Å². The second-order valence-electron chi connectivity index (χ2n) is 6.14. The first-order chi connectivity index (χ1) is 12.1. The predicted octanol–water partition coefficient (Wildman–Crippen LogP) is 4.20. The van der Waals surface area contributed by atoms with Crippen LogP contribution >= 0.6 is 46.9 Å². The molecule has 2 heterocycles. The van der Waals surface area contributed by atoms with Crippen LogP contribution in [0.3, 0.4) is 0 Å². The Balaban J connectivity index is 0.00000243. The molecule has 2 aromatic rings. The van der Waals surface area contributed by atoms with Crippen LogP contribution in [0.1, 0.15) is 17.4 Å². The SMILES string of the molecule is COc1ccc(NC(N)=NCC(C)N2CCc3sccc3C2)cc1Cl.I. The summed E-state index contributed by atoms with van der Waals surface area (Å²) in [5, 5.41) is 5.79. The van der Waals surface area contributed by atoms with Crippen molar-refractivity contribution in [2.24, 2.45) is 10.7 Å². The van der Waals surface area contributed by atoms with Crippen LogP contribution in [0.2, 0.25) is 5.02 Å². The van der Waals surface area contributed by atoms with Crippen molar-refractivity contribution in [3.63, 3.8) is 0 Å². The van der Waals surface area contributed by atoms with Gasteiger partial charge in [-0.25, -0.2) is 0 Å². The molecule has 0 saturated heterocycles. The van der Waals surface area contributed by atoms with Crippen LogP contribution in [0.5, 0.6) is 5.75 Å². The van der Waals surface area contributed by atoms with E-state index in [1.807, 2.05) is 17.4 Å². The van der Waals surface area contributed by atoms with E-state index in [0.29, 0.717) is 29.3 Å². The first-order valence-electron chi connectivity index (χ1n) is 8.26. The summed E-state index contributed by atoms with van der Waals surface area (Å²) in [4.78, 5) is 8.45. The third-order valence-electron chi connectivity index (χ3n) is 4.41. The lowest BCUT2D eigenvalue weighted by molar-refractivity contribution is 0.197. The number of fused-ring (bicyclic) bond motifs is 1. The maximum absolute atomic E-state index is 6.12. The third kappa shape index (κ3) is 5.25. The molecule has 3 rings (SSSR count). The summed E-state index contributed by atoms with van der Waals surface area (Å²) in [6, 6.07) is 8.00. The third-order valence-corrected chi connectivity index (χ3v) is 5.73. The Bertz CT molecular complexity index is 767. The summed E-state index contributed by atoms with van der Waals surface area (Å²) < 4.78 is 5.14. The van der Waals surface area contributed by atoms with E-state index in [1.54, 1.807) is 19.2 Å². The zero-order valence-corrected chi connectivity index (χ0v) is 18.8. The van der Waals surface area contributed by atoms with Crippen molar-refractivity contribution in [3.05, 3.63) is 45.1 Å².